The van der Waals surface area contributed by atoms with E-state index >= 15 is 0 Å². The van der Waals surface area contributed by atoms with Crippen molar-refractivity contribution < 1.29 is 4.52 Å². The summed E-state index contributed by atoms with van der Waals surface area (Å²) in [5.41, 5.74) is 8.27. The van der Waals surface area contributed by atoms with E-state index in [-0.39, 0.29) is 0 Å². The summed E-state index contributed by atoms with van der Waals surface area (Å²) in [6.45, 7) is 4.79. The van der Waals surface area contributed by atoms with Crippen LogP contribution in [0.25, 0.3) is 11.2 Å². The van der Waals surface area contributed by atoms with E-state index in [4.69, 9.17) is 10.3 Å². The third-order valence-electron chi connectivity index (χ3n) is 4.09. The Morgan fingerprint density at radius 2 is 2.12 bits per heavy atom. The first-order valence-electron chi connectivity index (χ1n) is 8.21. The molecule has 24 heavy (non-hydrogen) atoms. The molecule has 0 spiro atoms. The predicted molar refractivity (Wildman–Crippen MR) is 91.4 cm³/mol. The van der Waals surface area contributed by atoms with Crippen molar-refractivity contribution in [3.05, 3.63) is 30.2 Å². The number of imidazole rings is 1. The van der Waals surface area contributed by atoms with Crippen molar-refractivity contribution in [2.24, 2.45) is 0 Å². The Hall–Kier alpha value is -2.48. The van der Waals surface area contributed by atoms with Crippen LogP contribution >= 0.6 is 0 Å². The maximum Gasteiger partial charge on any atom is 0.165 e. The average molecular weight is 329 g/mol. The van der Waals surface area contributed by atoms with Gasteiger partial charge in [0.2, 0.25) is 0 Å². The van der Waals surface area contributed by atoms with Crippen molar-refractivity contribution in [2.75, 3.05) is 25.9 Å². The van der Waals surface area contributed by atoms with Crippen LogP contribution in [0.2, 0.25) is 0 Å². The highest BCUT2D eigenvalue weighted by Gasteiger charge is 2.09. The topological polar surface area (TPSA) is 98.9 Å². The Balaban J connectivity index is 1.46. The number of rotatable bonds is 8. The number of nitrogens with zero attached hydrogens (tertiary/aromatic N) is 6. The van der Waals surface area contributed by atoms with Gasteiger partial charge < -0.3 is 19.7 Å². The van der Waals surface area contributed by atoms with Gasteiger partial charge in [-0.15, -0.1) is 0 Å². The number of nitrogen functional groups attached to an aromatic ring is 1. The van der Waals surface area contributed by atoms with Crippen LogP contribution in [0.5, 0.6) is 0 Å². The van der Waals surface area contributed by atoms with Gasteiger partial charge in [0.25, 0.3) is 0 Å². The van der Waals surface area contributed by atoms with E-state index in [2.05, 4.69) is 39.0 Å². The predicted octanol–water partition coefficient (Wildman–Crippen LogP) is 1.52. The standard InChI is InChI=1S/C16H23N7O/c1-3-12-9-13(24-21-12)5-4-6-22(2)7-8-23-11-20-14-15(17)18-10-19-16(14)23/h9-11H,3-8H2,1-2H3,(H2,17,18,19). The molecule has 0 amide bonds. The first-order valence-corrected chi connectivity index (χ1v) is 8.21. The Labute approximate surface area is 140 Å². The van der Waals surface area contributed by atoms with E-state index in [1.54, 1.807) is 6.33 Å². The van der Waals surface area contributed by atoms with E-state index in [1.807, 2.05) is 10.6 Å². The van der Waals surface area contributed by atoms with Gasteiger partial charge in [0.05, 0.1) is 12.0 Å². The first kappa shape index (κ1) is 16.4. The molecule has 0 atom stereocenters. The number of nitrogens with two attached hydrogens (primary N) is 1. The van der Waals surface area contributed by atoms with Crippen LogP contribution in [0, 0.1) is 0 Å². The molecule has 0 aromatic carbocycles. The molecule has 3 aromatic heterocycles. The lowest BCUT2D eigenvalue weighted by Crippen LogP contribution is -2.24. The van der Waals surface area contributed by atoms with Gasteiger partial charge in [-0.2, -0.15) is 0 Å². The van der Waals surface area contributed by atoms with E-state index in [0.29, 0.717) is 11.3 Å². The van der Waals surface area contributed by atoms with Crippen LogP contribution in [0.4, 0.5) is 5.82 Å². The smallest absolute Gasteiger partial charge is 0.165 e. The first-order chi connectivity index (χ1) is 11.7. The molecule has 8 heteroatoms. The van der Waals surface area contributed by atoms with Crippen LogP contribution in [-0.4, -0.2) is 49.7 Å². The molecular formula is C16H23N7O. The number of aromatic nitrogens is 5. The summed E-state index contributed by atoms with van der Waals surface area (Å²) in [6, 6.07) is 2.04. The average Bonchev–Trinajstić information content (AvgIpc) is 3.20. The fraction of sp³-hybridized carbons (Fsp3) is 0.500. The van der Waals surface area contributed by atoms with Crippen LogP contribution < -0.4 is 5.73 Å². The van der Waals surface area contributed by atoms with Crippen molar-refractivity contribution in [2.45, 2.75) is 32.7 Å². The van der Waals surface area contributed by atoms with Gasteiger partial charge in [0, 0.05) is 25.6 Å². The molecule has 0 unspecified atom stereocenters. The zero-order chi connectivity index (χ0) is 16.9. The molecule has 0 aliphatic rings. The van der Waals surface area contributed by atoms with Crippen LogP contribution in [0.3, 0.4) is 0 Å². The monoisotopic (exact) mass is 329 g/mol. The second-order valence-corrected chi connectivity index (χ2v) is 5.91. The van der Waals surface area contributed by atoms with Gasteiger partial charge in [0.15, 0.2) is 11.5 Å². The molecule has 0 saturated carbocycles. The van der Waals surface area contributed by atoms with Gasteiger partial charge in [-0.1, -0.05) is 12.1 Å². The maximum atomic E-state index is 5.81. The van der Waals surface area contributed by atoms with E-state index in [9.17, 15) is 0 Å². The minimum absolute atomic E-state index is 0.422. The molecule has 0 fully saturated rings. The minimum atomic E-state index is 0.422. The second kappa shape index (κ2) is 7.39. The van der Waals surface area contributed by atoms with Crippen LogP contribution in [-0.2, 0) is 19.4 Å². The van der Waals surface area contributed by atoms with Gasteiger partial charge in [-0.3, -0.25) is 0 Å². The summed E-state index contributed by atoms with van der Waals surface area (Å²) in [6.07, 6.45) is 6.10. The molecule has 3 aromatic rings. The van der Waals surface area contributed by atoms with E-state index in [0.717, 1.165) is 56.0 Å². The Morgan fingerprint density at radius 3 is 2.92 bits per heavy atom. The number of hydrogen-bond donors (Lipinski definition) is 1. The fourth-order valence-corrected chi connectivity index (χ4v) is 2.62. The summed E-state index contributed by atoms with van der Waals surface area (Å²) in [4.78, 5) is 14.8. The van der Waals surface area contributed by atoms with Crippen molar-refractivity contribution >= 4 is 17.0 Å². The molecule has 0 bridgehead atoms. The molecule has 0 aliphatic heterocycles. The quantitative estimate of drug-likeness (QED) is 0.669. The third kappa shape index (κ3) is 3.70. The fourth-order valence-electron chi connectivity index (χ4n) is 2.62. The van der Waals surface area contributed by atoms with Crippen molar-refractivity contribution in [3.63, 3.8) is 0 Å². The molecule has 128 valence electrons. The molecule has 8 nitrogen and oxygen atoms in total. The normalized spacial score (nSPS) is 11.6. The van der Waals surface area contributed by atoms with Crippen LogP contribution in [0.15, 0.2) is 23.2 Å². The lowest BCUT2D eigenvalue weighted by molar-refractivity contribution is 0.306. The number of likely N-dealkylation sites (N-methyl/N-ethyl adjacent to an activating group) is 1. The molecule has 2 N–H and O–H groups in total. The molecule has 3 heterocycles. The highest BCUT2D eigenvalue weighted by atomic mass is 16.5. The van der Waals surface area contributed by atoms with E-state index < -0.39 is 0 Å². The van der Waals surface area contributed by atoms with Gasteiger partial charge in [-0.05, 0) is 26.4 Å². The summed E-state index contributed by atoms with van der Waals surface area (Å²) in [5, 5.41) is 4.02. The third-order valence-corrected chi connectivity index (χ3v) is 4.09. The second-order valence-electron chi connectivity index (χ2n) is 5.91. The summed E-state index contributed by atoms with van der Waals surface area (Å²) >= 11 is 0. The van der Waals surface area contributed by atoms with Crippen molar-refractivity contribution in [3.8, 4) is 0 Å². The van der Waals surface area contributed by atoms with Gasteiger partial charge in [0.1, 0.15) is 17.6 Å². The Morgan fingerprint density at radius 1 is 1.25 bits per heavy atom. The lowest BCUT2D eigenvalue weighted by Gasteiger charge is -2.16. The van der Waals surface area contributed by atoms with Crippen molar-refractivity contribution in [1.29, 1.82) is 0 Å². The largest absolute Gasteiger partial charge is 0.382 e. The molecule has 0 saturated heterocycles. The number of anilines is 1. The molecular weight excluding hydrogens is 306 g/mol. The molecule has 0 radical (unpaired) electrons. The number of fused-ring (bicyclic) bond motifs is 1. The lowest BCUT2D eigenvalue weighted by atomic mass is 10.2. The van der Waals surface area contributed by atoms with Crippen molar-refractivity contribution in [1.82, 2.24) is 29.6 Å². The van der Waals surface area contributed by atoms with Gasteiger partial charge in [-0.25, -0.2) is 15.0 Å². The van der Waals surface area contributed by atoms with E-state index in [1.165, 1.54) is 6.33 Å². The summed E-state index contributed by atoms with van der Waals surface area (Å²) in [5.74, 6) is 1.39. The van der Waals surface area contributed by atoms with Gasteiger partial charge >= 0.3 is 0 Å². The minimum Gasteiger partial charge on any atom is -0.382 e. The molecule has 0 aliphatic carbocycles. The van der Waals surface area contributed by atoms with Crippen LogP contribution in [0.1, 0.15) is 24.8 Å². The number of hydrogen-bond acceptors (Lipinski definition) is 7. The highest BCUT2D eigenvalue weighted by molar-refractivity contribution is 5.81. The SMILES string of the molecule is CCc1cc(CCCN(C)CCn2cnc3c(N)ncnc32)on1. The Kier molecular flexibility index (Phi) is 5.05. The number of aryl methyl sites for hydroxylation is 2. The highest BCUT2D eigenvalue weighted by Crippen LogP contribution is 2.14. The summed E-state index contributed by atoms with van der Waals surface area (Å²) < 4.78 is 7.32. The Bertz CT molecular complexity index is 795. The zero-order valence-corrected chi connectivity index (χ0v) is 14.1. The summed E-state index contributed by atoms with van der Waals surface area (Å²) in [7, 11) is 2.11. The maximum absolute atomic E-state index is 5.81. The zero-order valence-electron chi connectivity index (χ0n) is 14.1. The molecule has 3 rings (SSSR count).